The van der Waals surface area contributed by atoms with E-state index < -0.39 is 0 Å². The number of hydrogen-bond acceptors (Lipinski definition) is 4. The fourth-order valence-electron chi connectivity index (χ4n) is 3.19. The van der Waals surface area contributed by atoms with Crippen molar-refractivity contribution >= 4 is 0 Å². The van der Waals surface area contributed by atoms with Gasteiger partial charge in [-0.1, -0.05) is 12.1 Å². The second-order valence-electron chi connectivity index (χ2n) is 6.12. The Labute approximate surface area is 120 Å². The van der Waals surface area contributed by atoms with E-state index in [1.54, 1.807) is 0 Å². The molecular formula is C16H22N2O2. The molecule has 2 aliphatic heterocycles. The minimum Gasteiger partial charge on any atom is -0.486 e. The van der Waals surface area contributed by atoms with Gasteiger partial charge < -0.3 is 14.8 Å². The highest BCUT2D eigenvalue weighted by Gasteiger charge is 2.34. The summed E-state index contributed by atoms with van der Waals surface area (Å²) in [4.78, 5) is 2.63. The SMILES string of the molecule is c1ccc2c(c1)OCC(CNC1CCN(C3CC3)C1)O2. The standard InChI is InChI=1S/C16H22N2O2/c1-2-4-16-15(3-1)19-11-14(20-16)9-17-12-7-8-18(10-12)13-5-6-13/h1-4,12-14,17H,5-11H2. The molecule has 0 radical (unpaired) electrons. The normalized spacial score (nSPS) is 29.6. The fourth-order valence-corrected chi connectivity index (χ4v) is 3.19. The van der Waals surface area contributed by atoms with Gasteiger partial charge in [-0.15, -0.1) is 0 Å². The van der Waals surface area contributed by atoms with Crippen LogP contribution in [-0.2, 0) is 0 Å². The van der Waals surface area contributed by atoms with Crippen LogP contribution in [0.25, 0.3) is 0 Å². The zero-order valence-corrected chi connectivity index (χ0v) is 11.8. The maximum Gasteiger partial charge on any atom is 0.161 e. The van der Waals surface area contributed by atoms with E-state index in [-0.39, 0.29) is 6.10 Å². The third-order valence-electron chi connectivity index (χ3n) is 4.48. The summed E-state index contributed by atoms with van der Waals surface area (Å²) in [6, 6.07) is 9.42. The molecule has 108 valence electrons. The predicted octanol–water partition coefficient (Wildman–Crippen LogP) is 1.65. The molecule has 4 heteroatoms. The largest absolute Gasteiger partial charge is 0.486 e. The third-order valence-corrected chi connectivity index (χ3v) is 4.48. The van der Waals surface area contributed by atoms with Gasteiger partial charge in [0, 0.05) is 31.7 Å². The van der Waals surface area contributed by atoms with Crippen molar-refractivity contribution in [1.82, 2.24) is 10.2 Å². The van der Waals surface area contributed by atoms with Gasteiger partial charge in [0.15, 0.2) is 11.5 Å². The molecule has 0 bridgehead atoms. The summed E-state index contributed by atoms with van der Waals surface area (Å²) in [6.45, 7) is 3.97. The highest BCUT2D eigenvalue weighted by molar-refractivity contribution is 5.40. The molecule has 1 aromatic rings. The van der Waals surface area contributed by atoms with Crippen molar-refractivity contribution in [1.29, 1.82) is 0 Å². The van der Waals surface area contributed by atoms with Gasteiger partial charge in [-0.2, -0.15) is 0 Å². The van der Waals surface area contributed by atoms with Crippen LogP contribution in [0.5, 0.6) is 11.5 Å². The van der Waals surface area contributed by atoms with Crippen LogP contribution in [0.3, 0.4) is 0 Å². The molecule has 4 rings (SSSR count). The number of benzene rings is 1. The summed E-state index contributed by atoms with van der Waals surface area (Å²) in [5.41, 5.74) is 0. The smallest absolute Gasteiger partial charge is 0.161 e. The predicted molar refractivity (Wildman–Crippen MR) is 77.4 cm³/mol. The van der Waals surface area contributed by atoms with Gasteiger partial charge in [0.25, 0.3) is 0 Å². The van der Waals surface area contributed by atoms with Crippen molar-refractivity contribution in [3.8, 4) is 11.5 Å². The van der Waals surface area contributed by atoms with E-state index in [4.69, 9.17) is 9.47 Å². The van der Waals surface area contributed by atoms with Crippen LogP contribution in [0, 0.1) is 0 Å². The monoisotopic (exact) mass is 274 g/mol. The molecule has 1 aliphatic carbocycles. The average molecular weight is 274 g/mol. The molecule has 1 saturated heterocycles. The summed E-state index contributed by atoms with van der Waals surface area (Å²) < 4.78 is 11.7. The summed E-state index contributed by atoms with van der Waals surface area (Å²) in [5, 5.41) is 3.65. The molecule has 20 heavy (non-hydrogen) atoms. The molecule has 4 nitrogen and oxygen atoms in total. The number of nitrogens with one attached hydrogen (secondary N) is 1. The Morgan fingerprint density at radius 1 is 1.15 bits per heavy atom. The highest BCUT2D eigenvalue weighted by Crippen LogP contribution is 2.31. The van der Waals surface area contributed by atoms with Crippen molar-refractivity contribution in [3.05, 3.63) is 24.3 Å². The first-order valence-electron chi connectivity index (χ1n) is 7.74. The minimum atomic E-state index is 0.125. The Morgan fingerprint density at radius 3 is 2.85 bits per heavy atom. The first-order chi connectivity index (χ1) is 9.88. The molecular weight excluding hydrogens is 252 g/mol. The molecule has 1 aromatic carbocycles. The molecule has 0 spiro atoms. The van der Waals surface area contributed by atoms with Crippen LogP contribution in [0.2, 0.25) is 0 Å². The number of hydrogen-bond donors (Lipinski definition) is 1. The molecule has 1 saturated carbocycles. The van der Waals surface area contributed by atoms with E-state index >= 15 is 0 Å². The first-order valence-corrected chi connectivity index (χ1v) is 7.74. The highest BCUT2D eigenvalue weighted by atomic mass is 16.6. The van der Waals surface area contributed by atoms with Crippen LogP contribution in [-0.4, -0.2) is 49.3 Å². The maximum absolute atomic E-state index is 5.98. The molecule has 3 aliphatic rings. The van der Waals surface area contributed by atoms with Gasteiger partial charge >= 0.3 is 0 Å². The zero-order chi connectivity index (χ0) is 13.4. The zero-order valence-electron chi connectivity index (χ0n) is 11.8. The lowest BCUT2D eigenvalue weighted by atomic mass is 10.2. The van der Waals surface area contributed by atoms with Crippen LogP contribution >= 0.6 is 0 Å². The Hall–Kier alpha value is -1.26. The summed E-state index contributed by atoms with van der Waals surface area (Å²) >= 11 is 0. The van der Waals surface area contributed by atoms with Gasteiger partial charge in [0.05, 0.1) is 0 Å². The van der Waals surface area contributed by atoms with Crippen LogP contribution < -0.4 is 14.8 Å². The van der Waals surface area contributed by atoms with Gasteiger partial charge in [-0.05, 0) is 31.4 Å². The first kappa shape index (κ1) is 12.5. The lowest BCUT2D eigenvalue weighted by molar-refractivity contribution is 0.0883. The van der Waals surface area contributed by atoms with Crippen LogP contribution in [0.4, 0.5) is 0 Å². The van der Waals surface area contributed by atoms with Crippen LogP contribution in [0.15, 0.2) is 24.3 Å². The number of para-hydroxylation sites is 2. The van der Waals surface area contributed by atoms with E-state index in [0.717, 1.165) is 24.1 Å². The van der Waals surface area contributed by atoms with Crippen molar-refractivity contribution in [2.45, 2.75) is 37.5 Å². The molecule has 2 heterocycles. The molecule has 0 aromatic heterocycles. The van der Waals surface area contributed by atoms with Crippen molar-refractivity contribution < 1.29 is 9.47 Å². The third kappa shape index (κ3) is 2.63. The number of likely N-dealkylation sites (tertiary alicyclic amines) is 1. The Morgan fingerprint density at radius 2 is 2.00 bits per heavy atom. The second-order valence-corrected chi connectivity index (χ2v) is 6.12. The molecule has 2 fully saturated rings. The lowest BCUT2D eigenvalue weighted by Crippen LogP contribution is -2.43. The van der Waals surface area contributed by atoms with Gasteiger partial charge in [0.1, 0.15) is 12.7 Å². The van der Waals surface area contributed by atoms with E-state index in [0.29, 0.717) is 12.6 Å². The Bertz CT molecular complexity index is 475. The number of ether oxygens (including phenoxy) is 2. The van der Waals surface area contributed by atoms with E-state index in [1.807, 2.05) is 24.3 Å². The number of nitrogens with zero attached hydrogens (tertiary/aromatic N) is 1. The second kappa shape index (κ2) is 5.26. The lowest BCUT2D eigenvalue weighted by Gasteiger charge is -2.27. The molecule has 2 atom stereocenters. The fraction of sp³-hybridized carbons (Fsp3) is 0.625. The molecule has 0 amide bonds. The summed E-state index contributed by atoms with van der Waals surface area (Å²) in [5.74, 6) is 1.74. The van der Waals surface area contributed by atoms with Crippen molar-refractivity contribution in [2.75, 3.05) is 26.2 Å². The summed E-state index contributed by atoms with van der Waals surface area (Å²) in [6.07, 6.45) is 4.20. The quantitative estimate of drug-likeness (QED) is 0.905. The van der Waals surface area contributed by atoms with Crippen LogP contribution in [0.1, 0.15) is 19.3 Å². The maximum atomic E-state index is 5.98. The molecule has 2 unspecified atom stereocenters. The van der Waals surface area contributed by atoms with Gasteiger partial charge in [-0.25, -0.2) is 0 Å². The minimum absolute atomic E-state index is 0.125. The van der Waals surface area contributed by atoms with E-state index in [9.17, 15) is 0 Å². The Balaban J connectivity index is 1.26. The van der Waals surface area contributed by atoms with Crippen molar-refractivity contribution in [2.24, 2.45) is 0 Å². The molecule has 1 N–H and O–H groups in total. The number of fused-ring (bicyclic) bond motifs is 1. The van der Waals surface area contributed by atoms with E-state index in [1.165, 1.54) is 32.4 Å². The topological polar surface area (TPSA) is 33.7 Å². The average Bonchev–Trinajstić information content (AvgIpc) is 3.24. The van der Waals surface area contributed by atoms with E-state index in [2.05, 4.69) is 10.2 Å². The van der Waals surface area contributed by atoms with Gasteiger partial charge in [-0.3, -0.25) is 4.90 Å². The van der Waals surface area contributed by atoms with Gasteiger partial charge in [0.2, 0.25) is 0 Å². The number of rotatable bonds is 4. The summed E-state index contributed by atoms with van der Waals surface area (Å²) in [7, 11) is 0. The Kier molecular flexibility index (Phi) is 3.28. The van der Waals surface area contributed by atoms with Crippen molar-refractivity contribution in [3.63, 3.8) is 0 Å².